The van der Waals surface area contributed by atoms with Crippen molar-refractivity contribution in [2.75, 3.05) is 27.3 Å². The lowest BCUT2D eigenvalue weighted by atomic mass is 9.99. The van der Waals surface area contributed by atoms with E-state index in [9.17, 15) is 13.2 Å². The minimum Gasteiger partial charge on any atom is -0.497 e. The molecule has 0 aliphatic carbocycles. The third-order valence-corrected chi connectivity index (χ3v) is 6.51. The van der Waals surface area contributed by atoms with Gasteiger partial charge in [0, 0.05) is 26.2 Å². The van der Waals surface area contributed by atoms with E-state index in [0.717, 1.165) is 22.7 Å². The van der Waals surface area contributed by atoms with Crippen LogP contribution in [0.15, 0.2) is 24.3 Å². The van der Waals surface area contributed by atoms with E-state index in [1.54, 1.807) is 31.4 Å². The average molecular weight is 383 g/mol. The van der Waals surface area contributed by atoms with Gasteiger partial charge in [-0.2, -0.15) is 17.4 Å². The third kappa shape index (κ3) is 4.17. The second-order valence-corrected chi connectivity index (χ2v) is 8.36. The van der Waals surface area contributed by atoms with Gasteiger partial charge < -0.3 is 14.8 Å². The molecule has 3 rings (SSSR count). The molecule has 0 spiro atoms. The van der Waals surface area contributed by atoms with Gasteiger partial charge >= 0.3 is 0 Å². The highest BCUT2D eigenvalue weighted by Crippen LogP contribution is 2.29. The quantitative estimate of drug-likeness (QED) is 0.775. The van der Waals surface area contributed by atoms with E-state index in [1.807, 2.05) is 0 Å². The third-order valence-electron chi connectivity index (χ3n) is 4.92. The van der Waals surface area contributed by atoms with E-state index in [-0.39, 0.29) is 12.0 Å². The fraction of sp³-hybridized carbons (Fsp3) is 0.588. The van der Waals surface area contributed by atoms with E-state index in [4.69, 9.17) is 9.47 Å². The molecule has 2 aliphatic rings. The molecule has 0 bridgehead atoms. The lowest BCUT2D eigenvalue weighted by molar-refractivity contribution is -0.125. The summed E-state index contributed by atoms with van der Waals surface area (Å²) in [6.07, 6.45) is 2.26. The smallest absolute Gasteiger partial charge is 0.280 e. The first kappa shape index (κ1) is 19.1. The van der Waals surface area contributed by atoms with Gasteiger partial charge in [0.25, 0.3) is 10.2 Å². The number of ether oxygens (including phenoxy) is 2. The number of nitrogens with zero attached hydrogens (tertiary/aromatic N) is 1. The molecule has 144 valence electrons. The Hall–Kier alpha value is -1.68. The van der Waals surface area contributed by atoms with Crippen molar-refractivity contribution in [3.8, 4) is 5.75 Å². The minimum absolute atomic E-state index is 0.0139. The second kappa shape index (κ2) is 7.91. The van der Waals surface area contributed by atoms with E-state index < -0.39 is 22.3 Å². The maximum Gasteiger partial charge on any atom is 0.280 e. The zero-order valence-electron chi connectivity index (χ0n) is 15.0. The zero-order chi connectivity index (χ0) is 18.7. The van der Waals surface area contributed by atoms with Crippen LogP contribution in [0.5, 0.6) is 5.75 Å². The molecule has 26 heavy (non-hydrogen) atoms. The highest BCUT2D eigenvalue weighted by molar-refractivity contribution is 7.87. The van der Waals surface area contributed by atoms with Crippen LogP contribution < -0.4 is 14.8 Å². The molecule has 1 amide bonds. The first-order valence-electron chi connectivity index (χ1n) is 8.69. The van der Waals surface area contributed by atoms with Gasteiger partial charge in [-0.25, -0.2) is 0 Å². The van der Waals surface area contributed by atoms with Gasteiger partial charge in [0.15, 0.2) is 0 Å². The number of hydrogen-bond acceptors (Lipinski definition) is 5. The molecule has 2 saturated heterocycles. The minimum atomic E-state index is -3.75. The summed E-state index contributed by atoms with van der Waals surface area (Å²) in [5.74, 6) is 0.391. The van der Waals surface area contributed by atoms with Crippen molar-refractivity contribution in [3.63, 3.8) is 0 Å². The Morgan fingerprint density at radius 2 is 2.12 bits per heavy atom. The molecule has 1 aromatic rings. The van der Waals surface area contributed by atoms with Gasteiger partial charge in [0.2, 0.25) is 5.91 Å². The normalized spacial score (nSPS) is 28.6. The van der Waals surface area contributed by atoms with E-state index in [1.165, 1.54) is 7.05 Å². The van der Waals surface area contributed by atoms with E-state index in [0.29, 0.717) is 25.3 Å². The van der Waals surface area contributed by atoms with Crippen molar-refractivity contribution in [2.24, 2.45) is 0 Å². The van der Waals surface area contributed by atoms with Crippen LogP contribution in [0, 0.1) is 0 Å². The topological polar surface area (TPSA) is 97.0 Å². The largest absolute Gasteiger partial charge is 0.497 e. The van der Waals surface area contributed by atoms with Crippen molar-refractivity contribution < 1.29 is 22.7 Å². The summed E-state index contributed by atoms with van der Waals surface area (Å²) in [6, 6.07) is 5.91. The highest BCUT2D eigenvalue weighted by atomic mass is 32.2. The number of nitrogens with one attached hydrogen (secondary N) is 2. The summed E-state index contributed by atoms with van der Waals surface area (Å²) in [4.78, 5) is 12.6. The first-order valence-corrected chi connectivity index (χ1v) is 10.1. The number of amides is 1. The molecule has 3 atom stereocenters. The number of methoxy groups -OCH3 is 1. The van der Waals surface area contributed by atoms with Gasteiger partial charge in [-0.05, 0) is 37.0 Å². The highest BCUT2D eigenvalue weighted by Gasteiger charge is 2.40. The molecular weight excluding hydrogens is 358 g/mol. The lowest BCUT2D eigenvalue weighted by Gasteiger charge is -2.36. The van der Waals surface area contributed by atoms with Crippen LogP contribution in [0.1, 0.15) is 30.9 Å². The zero-order valence-corrected chi connectivity index (χ0v) is 15.8. The lowest BCUT2D eigenvalue weighted by Crippen LogP contribution is -2.57. The van der Waals surface area contributed by atoms with Crippen LogP contribution in [-0.4, -0.2) is 58.1 Å². The van der Waals surface area contributed by atoms with Crippen LogP contribution in [0.4, 0.5) is 0 Å². The van der Waals surface area contributed by atoms with Crippen molar-refractivity contribution in [2.45, 2.75) is 37.5 Å². The fourth-order valence-corrected chi connectivity index (χ4v) is 4.58. The number of carbonyl (C=O) groups is 1. The van der Waals surface area contributed by atoms with Gasteiger partial charge in [0.05, 0.1) is 13.2 Å². The van der Waals surface area contributed by atoms with E-state index >= 15 is 0 Å². The second-order valence-electron chi connectivity index (χ2n) is 6.60. The molecule has 1 unspecified atom stereocenters. The number of likely N-dealkylation sites (N-methyl/N-ethyl adjacent to an activating group) is 1. The molecule has 0 radical (unpaired) electrons. The number of benzene rings is 1. The maximum atomic E-state index is 12.6. The summed E-state index contributed by atoms with van der Waals surface area (Å²) >= 11 is 0. The van der Waals surface area contributed by atoms with Gasteiger partial charge in [-0.15, -0.1) is 0 Å². The maximum absolute atomic E-state index is 12.6. The summed E-state index contributed by atoms with van der Waals surface area (Å²) in [5.41, 5.74) is 0.791. The van der Waals surface area contributed by atoms with Crippen LogP contribution in [0.25, 0.3) is 0 Å². The van der Waals surface area contributed by atoms with Crippen molar-refractivity contribution in [1.29, 1.82) is 0 Å². The van der Waals surface area contributed by atoms with Gasteiger partial charge in [-0.1, -0.05) is 12.1 Å². The molecule has 8 nitrogen and oxygen atoms in total. The Kier molecular flexibility index (Phi) is 5.81. The SMILES string of the molecule is COc1ccc([C@@H]2C[C@H](C(=O)NCC3CCCO3)N(C)S(=O)(=O)N2)cc1. The molecule has 2 fully saturated rings. The molecule has 9 heteroatoms. The molecule has 0 saturated carbocycles. The average Bonchev–Trinajstić information content (AvgIpc) is 3.15. The number of rotatable bonds is 5. The van der Waals surface area contributed by atoms with Crippen LogP contribution in [-0.2, 0) is 19.7 Å². The van der Waals surface area contributed by atoms with Crippen LogP contribution >= 0.6 is 0 Å². The predicted octanol–water partition coefficient (Wildman–Crippen LogP) is 0.570. The summed E-state index contributed by atoms with van der Waals surface area (Å²) in [5, 5.41) is 2.83. The van der Waals surface area contributed by atoms with Gasteiger partial charge in [0.1, 0.15) is 11.8 Å². The Morgan fingerprint density at radius 1 is 1.38 bits per heavy atom. The monoisotopic (exact) mass is 383 g/mol. The molecule has 0 aromatic heterocycles. The number of hydrogen-bond donors (Lipinski definition) is 2. The Balaban J connectivity index is 1.71. The van der Waals surface area contributed by atoms with Crippen molar-refractivity contribution >= 4 is 16.1 Å². The molecule has 2 aliphatic heterocycles. The molecule has 2 heterocycles. The molecule has 2 N–H and O–H groups in total. The van der Waals surface area contributed by atoms with Crippen LogP contribution in [0.3, 0.4) is 0 Å². The summed E-state index contributed by atoms with van der Waals surface area (Å²) in [7, 11) is -0.755. The van der Waals surface area contributed by atoms with E-state index in [2.05, 4.69) is 10.0 Å². The first-order chi connectivity index (χ1) is 12.4. The molecule has 1 aromatic carbocycles. The molecular formula is C17H25N3O5S. The standard InChI is InChI=1S/C17H25N3O5S/c1-20-16(17(21)18-11-14-4-3-9-25-14)10-15(19-26(20,22)23)12-5-7-13(24-2)8-6-12/h5-8,14-16,19H,3-4,9-11H2,1-2H3,(H,18,21)/t14?,15-,16+/m0/s1. The van der Waals surface area contributed by atoms with Crippen molar-refractivity contribution in [3.05, 3.63) is 29.8 Å². The predicted molar refractivity (Wildman–Crippen MR) is 95.9 cm³/mol. The Bertz CT molecular complexity index is 731. The van der Waals surface area contributed by atoms with Crippen molar-refractivity contribution in [1.82, 2.24) is 14.3 Å². The Morgan fingerprint density at radius 3 is 2.73 bits per heavy atom. The van der Waals surface area contributed by atoms with Crippen LogP contribution in [0.2, 0.25) is 0 Å². The summed E-state index contributed by atoms with van der Waals surface area (Å²) < 4.78 is 39.3. The Labute approximate surface area is 154 Å². The van der Waals surface area contributed by atoms with Gasteiger partial charge in [-0.3, -0.25) is 4.79 Å². The number of carbonyl (C=O) groups excluding carboxylic acids is 1. The fourth-order valence-electron chi connectivity index (χ4n) is 3.30. The summed E-state index contributed by atoms with van der Waals surface area (Å²) in [6.45, 7) is 1.12.